The Hall–Kier alpha value is -2.98. The Balaban J connectivity index is 1.33. The van der Waals surface area contributed by atoms with E-state index in [1.54, 1.807) is 18.5 Å². The molecule has 0 N–H and O–H groups in total. The summed E-state index contributed by atoms with van der Waals surface area (Å²) in [4.78, 5) is 32.4. The summed E-state index contributed by atoms with van der Waals surface area (Å²) in [5.41, 5.74) is 2.58. The number of pyridine rings is 1. The summed E-state index contributed by atoms with van der Waals surface area (Å²) in [6, 6.07) is 9.38. The molecule has 0 atom stereocenters. The first kappa shape index (κ1) is 28.5. The molecule has 2 fully saturated rings. The predicted molar refractivity (Wildman–Crippen MR) is 156 cm³/mol. The van der Waals surface area contributed by atoms with Crippen LogP contribution in [0.5, 0.6) is 11.6 Å². The van der Waals surface area contributed by atoms with Gasteiger partial charge in [-0.3, -0.25) is 9.69 Å². The Morgan fingerprint density at radius 3 is 2.27 bits per heavy atom. The highest BCUT2D eigenvalue weighted by molar-refractivity contribution is 6.35. The average Bonchev–Trinajstić information content (AvgIpc) is 2.94. The Kier molecular flexibility index (Phi) is 9.36. The average molecular weight is 586 g/mol. The molecule has 4 heterocycles. The van der Waals surface area contributed by atoms with Gasteiger partial charge in [-0.25, -0.2) is 15.0 Å². The number of hydrogen-bond donors (Lipinski definition) is 0. The van der Waals surface area contributed by atoms with E-state index in [0.717, 1.165) is 69.8 Å². The van der Waals surface area contributed by atoms with Crippen LogP contribution in [0.15, 0.2) is 42.7 Å². The number of carbonyl (C=O) groups is 1. The minimum absolute atomic E-state index is 0.139. The van der Waals surface area contributed by atoms with Crippen molar-refractivity contribution in [1.82, 2.24) is 24.8 Å². The first-order valence-electron chi connectivity index (χ1n) is 13.5. The normalized spacial score (nSPS) is 17.1. The largest absolute Gasteiger partial charge is 0.469 e. The van der Waals surface area contributed by atoms with E-state index in [4.69, 9.17) is 37.7 Å². The van der Waals surface area contributed by atoms with Gasteiger partial charge in [0.25, 0.3) is 0 Å². The minimum atomic E-state index is -0.139. The third-order valence-corrected chi connectivity index (χ3v) is 7.88. The van der Waals surface area contributed by atoms with E-state index < -0.39 is 0 Å². The fourth-order valence-corrected chi connectivity index (χ4v) is 5.66. The summed E-state index contributed by atoms with van der Waals surface area (Å²) in [7, 11) is 3.56. The zero-order valence-corrected chi connectivity index (χ0v) is 24.4. The van der Waals surface area contributed by atoms with Gasteiger partial charge in [0.15, 0.2) is 5.75 Å². The molecule has 11 heteroatoms. The van der Waals surface area contributed by atoms with Crippen molar-refractivity contribution in [3.63, 3.8) is 0 Å². The van der Waals surface area contributed by atoms with Crippen LogP contribution in [0, 0.1) is 5.92 Å². The molecule has 2 aromatic heterocycles. The lowest BCUT2D eigenvalue weighted by molar-refractivity contribution is -0.142. The number of likely N-dealkylation sites (tertiary alicyclic amines) is 1. The number of halogens is 2. The number of piperazine rings is 1. The van der Waals surface area contributed by atoms with Crippen molar-refractivity contribution in [1.29, 1.82) is 0 Å². The van der Waals surface area contributed by atoms with Gasteiger partial charge in [-0.15, -0.1) is 0 Å². The molecule has 40 heavy (non-hydrogen) atoms. The first-order chi connectivity index (χ1) is 19.3. The fourth-order valence-electron chi connectivity index (χ4n) is 5.13. The number of carbonyl (C=O) groups excluding carboxylic acids is 1. The molecule has 2 aliphatic rings. The van der Waals surface area contributed by atoms with E-state index in [-0.39, 0.29) is 5.97 Å². The van der Waals surface area contributed by atoms with Gasteiger partial charge < -0.3 is 19.3 Å². The zero-order valence-electron chi connectivity index (χ0n) is 22.9. The number of esters is 1. The summed E-state index contributed by atoms with van der Waals surface area (Å²) >= 11 is 12.6. The molecule has 0 amide bonds. The number of anilines is 1. The second-order valence-corrected chi connectivity index (χ2v) is 11.3. The van der Waals surface area contributed by atoms with Crippen LogP contribution in [0.3, 0.4) is 0 Å². The molecule has 2 saturated heterocycles. The van der Waals surface area contributed by atoms with Crippen molar-refractivity contribution in [3.8, 4) is 22.9 Å². The molecular weight excluding hydrogens is 551 g/mol. The number of piperidine rings is 1. The maximum atomic E-state index is 11.7. The molecule has 1 aromatic carbocycles. The third kappa shape index (κ3) is 7.60. The molecule has 3 aromatic rings. The van der Waals surface area contributed by atoms with Crippen LogP contribution in [-0.4, -0.2) is 84.1 Å². The van der Waals surface area contributed by atoms with Crippen LogP contribution in [-0.2, 0) is 16.1 Å². The number of methoxy groups -OCH3 is 1. The summed E-state index contributed by atoms with van der Waals surface area (Å²) in [5.74, 6) is 1.88. The topological polar surface area (TPSA) is 83.9 Å². The van der Waals surface area contributed by atoms with Gasteiger partial charge in [0.2, 0.25) is 11.8 Å². The van der Waals surface area contributed by atoms with Crippen LogP contribution in [0.25, 0.3) is 11.3 Å². The monoisotopic (exact) mass is 584 g/mol. The fraction of sp³-hybridized carbons (Fsp3) is 0.448. The van der Waals surface area contributed by atoms with Gasteiger partial charge in [-0.05, 0) is 68.7 Å². The molecule has 9 nitrogen and oxygen atoms in total. The number of likely N-dealkylation sites (N-methyl/N-ethyl adjacent to an activating group) is 1. The summed E-state index contributed by atoms with van der Waals surface area (Å²) in [6.07, 6.45) is 5.77. The van der Waals surface area contributed by atoms with Gasteiger partial charge in [0, 0.05) is 60.8 Å². The van der Waals surface area contributed by atoms with Crippen LogP contribution < -0.4 is 9.64 Å². The lowest BCUT2D eigenvalue weighted by Crippen LogP contribution is -2.45. The Labute approximate surface area is 245 Å². The molecule has 0 aliphatic carbocycles. The van der Waals surface area contributed by atoms with Crippen LogP contribution in [0.4, 0.5) is 5.95 Å². The van der Waals surface area contributed by atoms with E-state index >= 15 is 0 Å². The number of benzene rings is 1. The quantitative estimate of drug-likeness (QED) is 0.333. The van der Waals surface area contributed by atoms with Crippen molar-refractivity contribution in [3.05, 3.63) is 58.3 Å². The van der Waals surface area contributed by atoms with Gasteiger partial charge in [0.1, 0.15) is 0 Å². The Morgan fingerprint density at radius 2 is 1.62 bits per heavy atom. The third-order valence-electron chi connectivity index (χ3n) is 7.44. The molecule has 2 aliphatic heterocycles. The number of nitrogens with zero attached hydrogens (tertiary/aromatic N) is 6. The number of rotatable bonds is 8. The van der Waals surface area contributed by atoms with Gasteiger partial charge in [-0.1, -0.05) is 23.2 Å². The van der Waals surface area contributed by atoms with Crippen molar-refractivity contribution in [2.75, 3.05) is 58.3 Å². The smallest absolute Gasteiger partial charge is 0.305 e. The van der Waals surface area contributed by atoms with E-state index in [9.17, 15) is 4.79 Å². The summed E-state index contributed by atoms with van der Waals surface area (Å²) < 4.78 is 11.0. The Bertz CT molecular complexity index is 1290. The summed E-state index contributed by atoms with van der Waals surface area (Å²) in [5, 5.41) is 1.08. The Morgan fingerprint density at radius 1 is 0.950 bits per heavy atom. The van der Waals surface area contributed by atoms with Gasteiger partial charge >= 0.3 is 5.97 Å². The van der Waals surface area contributed by atoms with Crippen LogP contribution in [0.1, 0.15) is 24.8 Å². The van der Waals surface area contributed by atoms with Crippen molar-refractivity contribution >= 4 is 35.1 Å². The molecule has 0 unspecified atom stereocenters. The van der Waals surface area contributed by atoms with Gasteiger partial charge in [0.05, 0.1) is 25.2 Å². The SMILES string of the molecule is COC(=O)CC1CCN(Cc2cc(Oc3cnc(N4CCN(C)CC4)nc3)nc(-c3cc(Cl)cc(Cl)c3)c2)CC1. The maximum absolute atomic E-state index is 11.7. The van der Waals surface area contributed by atoms with Crippen molar-refractivity contribution in [2.24, 2.45) is 5.92 Å². The van der Waals surface area contributed by atoms with Crippen LogP contribution in [0.2, 0.25) is 10.0 Å². The molecular formula is C29H34Cl2N6O3. The maximum Gasteiger partial charge on any atom is 0.305 e. The van der Waals surface area contributed by atoms with Crippen LogP contribution >= 0.6 is 23.2 Å². The highest BCUT2D eigenvalue weighted by Gasteiger charge is 2.23. The number of aromatic nitrogens is 3. The second kappa shape index (κ2) is 13.1. The second-order valence-electron chi connectivity index (χ2n) is 10.5. The van der Waals surface area contributed by atoms with E-state index in [1.807, 2.05) is 24.3 Å². The molecule has 0 saturated carbocycles. The summed E-state index contributed by atoms with van der Waals surface area (Å²) in [6.45, 7) is 6.29. The minimum Gasteiger partial charge on any atom is -0.469 e. The zero-order chi connectivity index (χ0) is 28.1. The highest BCUT2D eigenvalue weighted by atomic mass is 35.5. The first-order valence-corrected chi connectivity index (χ1v) is 14.3. The molecule has 0 bridgehead atoms. The van der Waals surface area contributed by atoms with Crippen molar-refractivity contribution < 1.29 is 14.3 Å². The van der Waals surface area contributed by atoms with E-state index in [2.05, 4.69) is 31.7 Å². The standard InChI is InChI=1S/C29H34Cl2N6O3/c1-35-7-9-37(10-8-35)29-32-17-25(18-33-29)40-27-12-21(11-26(34-27)22-14-23(30)16-24(31)15-22)19-36-5-3-20(4-6-36)13-28(38)39-2/h11-12,14-18,20H,3-10,13,19H2,1-2H3. The molecule has 5 rings (SSSR count). The lowest BCUT2D eigenvalue weighted by atomic mass is 9.93. The van der Waals surface area contributed by atoms with E-state index in [1.165, 1.54) is 7.11 Å². The number of ether oxygens (including phenoxy) is 2. The lowest BCUT2D eigenvalue weighted by Gasteiger charge is -2.32. The molecule has 0 spiro atoms. The molecule has 212 valence electrons. The number of hydrogen-bond acceptors (Lipinski definition) is 9. The highest BCUT2D eigenvalue weighted by Crippen LogP contribution is 2.31. The van der Waals surface area contributed by atoms with E-state index in [0.29, 0.717) is 45.7 Å². The predicted octanol–water partition coefficient (Wildman–Crippen LogP) is 5.16. The van der Waals surface area contributed by atoms with Gasteiger partial charge in [-0.2, -0.15) is 0 Å². The van der Waals surface area contributed by atoms with Crippen molar-refractivity contribution in [2.45, 2.75) is 25.8 Å². The molecule has 0 radical (unpaired) electrons.